The van der Waals surface area contributed by atoms with Crippen molar-refractivity contribution in [1.29, 1.82) is 0 Å². The molecule has 2 heterocycles. The van der Waals surface area contributed by atoms with Crippen molar-refractivity contribution in [2.24, 2.45) is 0 Å². The summed E-state index contributed by atoms with van der Waals surface area (Å²) in [6.07, 6.45) is 1.31. The third kappa shape index (κ3) is 4.75. The Labute approximate surface area is 152 Å². The van der Waals surface area contributed by atoms with Crippen LogP contribution in [0.1, 0.15) is 5.56 Å². The van der Waals surface area contributed by atoms with Crippen LogP contribution in [-0.2, 0) is 11.2 Å². The number of fused-ring (bicyclic) bond motifs is 1. The maximum absolute atomic E-state index is 12.8. The van der Waals surface area contributed by atoms with E-state index in [-0.39, 0.29) is 24.9 Å². The summed E-state index contributed by atoms with van der Waals surface area (Å²) in [4.78, 5) is 16.3. The van der Waals surface area contributed by atoms with Crippen LogP contribution in [0.25, 0.3) is 0 Å². The number of hydrogen-bond acceptors (Lipinski definition) is 5. The molecule has 0 radical (unpaired) electrons. The standard InChI is InChI=1S/C17H17BrFN3O3/c18-11-5-10-6-15(17(24)22-16(10)21-7-11)20-8-13(23)9-25-14-3-1-12(19)2-4-14/h1-5,7,13,15,20,23H,6,8-9H2,(H,21,22,24). The SMILES string of the molecule is O=C1Nc2ncc(Br)cc2CC1NCC(O)COc1ccc(F)cc1. The number of hydrogen-bond donors (Lipinski definition) is 3. The third-order valence-corrected chi connectivity index (χ3v) is 4.20. The molecular weight excluding hydrogens is 393 g/mol. The maximum atomic E-state index is 12.8. The van der Waals surface area contributed by atoms with Crippen LogP contribution in [0.3, 0.4) is 0 Å². The second-order valence-electron chi connectivity index (χ2n) is 5.73. The maximum Gasteiger partial charge on any atom is 0.243 e. The summed E-state index contributed by atoms with van der Waals surface area (Å²) < 4.78 is 19.0. The topological polar surface area (TPSA) is 83.5 Å². The molecule has 0 bridgehead atoms. The molecule has 3 rings (SSSR count). The van der Waals surface area contributed by atoms with E-state index in [1.807, 2.05) is 6.07 Å². The second kappa shape index (κ2) is 7.90. The molecule has 1 aromatic heterocycles. The number of nitrogens with one attached hydrogen (secondary N) is 2. The predicted octanol–water partition coefficient (Wildman–Crippen LogP) is 1.88. The van der Waals surface area contributed by atoms with Gasteiger partial charge in [-0.1, -0.05) is 0 Å². The molecule has 3 N–H and O–H groups in total. The zero-order chi connectivity index (χ0) is 17.8. The Morgan fingerprint density at radius 1 is 1.44 bits per heavy atom. The van der Waals surface area contributed by atoms with Gasteiger partial charge < -0.3 is 20.5 Å². The van der Waals surface area contributed by atoms with E-state index < -0.39 is 12.1 Å². The number of benzene rings is 1. The first-order valence-electron chi connectivity index (χ1n) is 7.76. The van der Waals surface area contributed by atoms with E-state index in [0.29, 0.717) is 18.0 Å². The molecule has 1 aliphatic rings. The summed E-state index contributed by atoms with van der Waals surface area (Å²) in [5.74, 6) is 0.500. The normalized spacial score (nSPS) is 17.6. The van der Waals surface area contributed by atoms with Crippen LogP contribution in [0, 0.1) is 5.82 Å². The minimum absolute atomic E-state index is 0.0384. The highest BCUT2D eigenvalue weighted by atomic mass is 79.9. The molecule has 2 atom stereocenters. The van der Waals surface area contributed by atoms with Gasteiger partial charge in [-0.05, 0) is 51.8 Å². The van der Waals surface area contributed by atoms with Gasteiger partial charge in [-0.2, -0.15) is 0 Å². The lowest BCUT2D eigenvalue weighted by atomic mass is 10.0. The number of rotatable bonds is 6. The van der Waals surface area contributed by atoms with E-state index in [0.717, 1.165) is 10.0 Å². The molecule has 25 heavy (non-hydrogen) atoms. The van der Waals surface area contributed by atoms with E-state index in [9.17, 15) is 14.3 Å². The van der Waals surface area contributed by atoms with Gasteiger partial charge in [-0.15, -0.1) is 0 Å². The highest BCUT2D eigenvalue weighted by Gasteiger charge is 2.27. The highest BCUT2D eigenvalue weighted by Crippen LogP contribution is 2.23. The van der Waals surface area contributed by atoms with E-state index in [2.05, 4.69) is 31.5 Å². The lowest BCUT2D eigenvalue weighted by Gasteiger charge is -2.25. The Bertz CT molecular complexity index is 757. The van der Waals surface area contributed by atoms with Crippen LogP contribution in [0.5, 0.6) is 5.75 Å². The number of carbonyl (C=O) groups excluding carboxylic acids is 1. The molecule has 2 aromatic rings. The molecule has 0 saturated heterocycles. The average Bonchev–Trinajstić information content (AvgIpc) is 2.60. The first kappa shape index (κ1) is 17.8. The largest absolute Gasteiger partial charge is 0.491 e. The number of nitrogens with zero attached hydrogens (tertiary/aromatic N) is 1. The molecule has 0 fully saturated rings. The molecule has 1 aromatic carbocycles. The fourth-order valence-electron chi connectivity index (χ4n) is 2.49. The van der Waals surface area contributed by atoms with Crippen molar-refractivity contribution >= 4 is 27.7 Å². The first-order valence-corrected chi connectivity index (χ1v) is 8.55. The number of ether oxygens (including phenoxy) is 1. The fourth-order valence-corrected chi connectivity index (χ4v) is 2.87. The molecule has 0 saturated carbocycles. The molecule has 6 nitrogen and oxygen atoms in total. The molecule has 8 heteroatoms. The van der Waals surface area contributed by atoms with Crippen LogP contribution in [0.15, 0.2) is 41.0 Å². The number of halogens is 2. The number of anilines is 1. The smallest absolute Gasteiger partial charge is 0.243 e. The molecule has 132 valence electrons. The monoisotopic (exact) mass is 409 g/mol. The van der Waals surface area contributed by atoms with Gasteiger partial charge in [0, 0.05) is 23.6 Å². The van der Waals surface area contributed by atoms with Gasteiger partial charge in [0.25, 0.3) is 0 Å². The Balaban J connectivity index is 1.49. The Morgan fingerprint density at radius 3 is 2.96 bits per heavy atom. The summed E-state index contributed by atoms with van der Waals surface area (Å²) in [7, 11) is 0. The van der Waals surface area contributed by atoms with Crippen molar-refractivity contribution in [2.45, 2.75) is 18.6 Å². The van der Waals surface area contributed by atoms with Gasteiger partial charge in [-0.3, -0.25) is 4.79 Å². The molecule has 1 amide bonds. The lowest BCUT2D eigenvalue weighted by molar-refractivity contribution is -0.118. The molecule has 2 unspecified atom stereocenters. The van der Waals surface area contributed by atoms with E-state index >= 15 is 0 Å². The van der Waals surface area contributed by atoms with Gasteiger partial charge in [-0.25, -0.2) is 9.37 Å². The van der Waals surface area contributed by atoms with Gasteiger partial charge in [0.05, 0.1) is 6.04 Å². The van der Waals surface area contributed by atoms with Crippen LogP contribution >= 0.6 is 15.9 Å². The molecule has 0 spiro atoms. The quantitative estimate of drug-likeness (QED) is 0.678. The van der Waals surface area contributed by atoms with Crippen molar-refractivity contribution < 1.29 is 19.0 Å². The summed E-state index contributed by atoms with van der Waals surface area (Å²) in [5, 5.41) is 15.8. The molecular formula is C17H17BrFN3O3. The zero-order valence-electron chi connectivity index (χ0n) is 13.2. The lowest BCUT2D eigenvalue weighted by Crippen LogP contribution is -2.48. The Hall–Kier alpha value is -2.03. The zero-order valence-corrected chi connectivity index (χ0v) is 14.8. The molecule has 0 aliphatic carbocycles. The van der Waals surface area contributed by atoms with Crippen molar-refractivity contribution in [1.82, 2.24) is 10.3 Å². The summed E-state index contributed by atoms with van der Waals surface area (Å²) in [5.41, 5.74) is 0.920. The Kier molecular flexibility index (Phi) is 5.62. The van der Waals surface area contributed by atoms with Crippen LogP contribution in [0.2, 0.25) is 0 Å². The predicted molar refractivity (Wildman–Crippen MR) is 94.0 cm³/mol. The second-order valence-corrected chi connectivity index (χ2v) is 6.65. The van der Waals surface area contributed by atoms with E-state index in [1.165, 1.54) is 24.3 Å². The molecule has 1 aliphatic heterocycles. The minimum Gasteiger partial charge on any atom is -0.491 e. The number of carbonyl (C=O) groups is 1. The Morgan fingerprint density at radius 2 is 2.20 bits per heavy atom. The van der Waals surface area contributed by atoms with Crippen LogP contribution < -0.4 is 15.4 Å². The summed E-state index contributed by atoms with van der Waals surface area (Å²) in [6.45, 7) is 0.229. The van der Waals surface area contributed by atoms with E-state index in [4.69, 9.17) is 4.74 Å². The van der Waals surface area contributed by atoms with Crippen LogP contribution in [-0.4, -0.2) is 41.3 Å². The number of amides is 1. The summed E-state index contributed by atoms with van der Waals surface area (Å²) in [6, 6.07) is 7.01. The minimum atomic E-state index is -0.806. The van der Waals surface area contributed by atoms with Crippen molar-refractivity contribution in [2.75, 3.05) is 18.5 Å². The van der Waals surface area contributed by atoms with E-state index in [1.54, 1.807) is 6.20 Å². The third-order valence-electron chi connectivity index (χ3n) is 3.77. The van der Waals surface area contributed by atoms with Crippen LogP contribution in [0.4, 0.5) is 10.2 Å². The highest BCUT2D eigenvalue weighted by molar-refractivity contribution is 9.10. The average molecular weight is 410 g/mol. The number of aromatic nitrogens is 1. The van der Waals surface area contributed by atoms with Gasteiger partial charge in [0.2, 0.25) is 5.91 Å². The van der Waals surface area contributed by atoms with Crippen molar-refractivity contribution in [3.63, 3.8) is 0 Å². The van der Waals surface area contributed by atoms with Crippen molar-refractivity contribution in [3.05, 3.63) is 52.4 Å². The number of aliphatic hydroxyl groups excluding tert-OH is 1. The van der Waals surface area contributed by atoms with Crippen molar-refractivity contribution in [3.8, 4) is 5.75 Å². The summed E-state index contributed by atoms with van der Waals surface area (Å²) >= 11 is 3.36. The first-order chi connectivity index (χ1) is 12.0. The fraction of sp³-hybridized carbons (Fsp3) is 0.294. The number of pyridine rings is 1. The van der Waals surface area contributed by atoms with Gasteiger partial charge >= 0.3 is 0 Å². The van der Waals surface area contributed by atoms with Gasteiger partial charge in [0.1, 0.15) is 30.1 Å². The van der Waals surface area contributed by atoms with Gasteiger partial charge in [0.15, 0.2) is 0 Å². The number of aliphatic hydroxyl groups is 1.